The molecule has 2 aliphatic heterocycles. The smallest absolute Gasteiger partial charge is 0.330 e. The number of hydrogen-bond acceptors (Lipinski definition) is 5. The lowest BCUT2D eigenvalue weighted by Gasteiger charge is -2.29. The second kappa shape index (κ2) is 6.22. The highest BCUT2D eigenvalue weighted by Gasteiger charge is 2.53. The van der Waals surface area contributed by atoms with Crippen LogP contribution in [0.2, 0.25) is 0 Å². The molecule has 0 bridgehead atoms. The molecule has 6 nitrogen and oxygen atoms in total. The number of benzene rings is 1. The van der Waals surface area contributed by atoms with Crippen LogP contribution in [-0.4, -0.2) is 43.2 Å². The lowest BCUT2D eigenvalue weighted by molar-refractivity contribution is -0.154. The molecule has 2 aliphatic rings. The molecule has 2 unspecified atom stereocenters. The van der Waals surface area contributed by atoms with Crippen molar-refractivity contribution in [3.63, 3.8) is 0 Å². The molecule has 4 rings (SSSR count). The van der Waals surface area contributed by atoms with Crippen molar-refractivity contribution in [2.75, 3.05) is 5.75 Å². The first kappa shape index (κ1) is 16.2. The first-order chi connectivity index (χ1) is 12.1. The third kappa shape index (κ3) is 2.93. The normalized spacial score (nSPS) is 25.2. The second-order valence-electron chi connectivity index (χ2n) is 6.49. The molecule has 0 spiro atoms. The quantitative estimate of drug-likeness (QED) is 0.786. The third-order valence-electron chi connectivity index (χ3n) is 4.80. The molecule has 1 amide bonds. The molecule has 2 atom stereocenters. The van der Waals surface area contributed by atoms with E-state index in [1.54, 1.807) is 27.5 Å². The number of aromatic nitrogens is 2. The van der Waals surface area contributed by atoms with E-state index in [1.165, 1.54) is 0 Å². The Bertz CT molecular complexity index is 790. The van der Waals surface area contributed by atoms with Gasteiger partial charge in [0.05, 0.1) is 10.6 Å². The Labute approximate surface area is 150 Å². The van der Waals surface area contributed by atoms with Crippen LogP contribution in [0.15, 0.2) is 42.7 Å². The molecule has 0 aliphatic carbocycles. The van der Waals surface area contributed by atoms with Gasteiger partial charge in [0.2, 0.25) is 5.91 Å². The summed E-state index contributed by atoms with van der Waals surface area (Å²) in [6.07, 6.45) is 4.91. The van der Waals surface area contributed by atoms with Crippen LogP contribution < -0.4 is 0 Å². The monoisotopic (exact) mass is 357 g/mol. The van der Waals surface area contributed by atoms with Crippen molar-refractivity contribution in [1.82, 2.24) is 14.7 Å². The summed E-state index contributed by atoms with van der Waals surface area (Å²) in [6.45, 7) is 2.24. The number of thioether (sulfide) groups is 1. The minimum absolute atomic E-state index is 0.0537. The molecule has 130 valence electrons. The SMILES string of the molecule is CC12CCC(=O)N1C(C(=O)OCc1ccc(-n3cccn3)cc1)CS2. The fraction of sp³-hybridized carbons (Fsp3) is 0.389. The average Bonchev–Trinajstić information content (AvgIpc) is 3.32. The van der Waals surface area contributed by atoms with Crippen LogP contribution in [-0.2, 0) is 20.9 Å². The molecule has 0 saturated carbocycles. The Kier molecular flexibility index (Phi) is 4.03. The molecule has 3 heterocycles. The zero-order valence-corrected chi connectivity index (χ0v) is 14.7. The molecule has 2 saturated heterocycles. The van der Waals surface area contributed by atoms with E-state index < -0.39 is 6.04 Å². The second-order valence-corrected chi connectivity index (χ2v) is 7.99. The minimum atomic E-state index is -0.464. The fourth-order valence-corrected chi connectivity index (χ4v) is 4.83. The number of rotatable bonds is 4. The van der Waals surface area contributed by atoms with Crippen LogP contribution in [0.3, 0.4) is 0 Å². The van der Waals surface area contributed by atoms with E-state index in [0.29, 0.717) is 12.2 Å². The predicted octanol–water partition coefficient (Wildman–Crippen LogP) is 2.37. The summed E-state index contributed by atoms with van der Waals surface area (Å²) in [6, 6.07) is 9.10. The number of fused-ring (bicyclic) bond motifs is 1. The lowest BCUT2D eigenvalue weighted by atomic mass is 10.2. The summed E-state index contributed by atoms with van der Waals surface area (Å²) < 4.78 is 7.24. The van der Waals surface area contributed by atoms with Gasteiger partial charge in [0.1, 0.15) is 12.6 Å². The van der Waals surface area contributed by atoms with Crippen molar-refractivity contribution in [2.24, 2.45) is 0 Å². The molecule has 0 N–H and O–H groups in total. The number of hydrogen-bond donors (Lipinski definition) is 0. The summed E-state index contributed by atoms with van der Waals surface area (Å²) in [7, 11) is 0. The highest BCUT2D eigenvalue weighted by Crippen LogP contribution is 2.47. The number of carbonyl (C=O) groups is 2. The van der Waals surface area contributed by atoms with E-state index in [2.05, 4.69) is 5.10 Å². The standard InChI is InChI=1S/C18H19N3O3S/c1-18-8-7-16(22)21(18)15(12-25-18)17(23)24-11-13-3-5-14(6-4-13)20-10-2-9-19-20/h2-6,9-10,15H,7-8,11-12H2,1H3. The minimum Gasteiger partial charge on any atom is -0.459 e. The van der Waals surface area contributed by atoms with Crippen molar-refractivity contribution < 1.29 is 14.3 Å². The first-order valence-corrected chi connectivity index (χ1v) is 9.27. The summed E-state index contributed by atoms with van der Waals surface area (Å²) >= 11 is 1.67. The Hall–Kier alpha value is -2.28. The largest absolute Gasteiger partial charge is 0.459 e. The highest BCUT2D eigenvalue weighted by molar-refractivity contribution is 8.01. The van der Waals surface area contributed by atoms with E-state index >= 15 is 0 Å². The molecular weight excluding hydrogens is 338 g/mol. The first-order valence-electron chi connectivity index (χ1n) is 8.28. The Morgan fingerprint density at radius 3 is 2.92 bits per heavy atom. The maximum absolute atomic E-state index is 12.5. The van der Waals surface area contributed by atoms with Crippen LogP contribution in [0, 0.1) is 0 Å². The van der Waals surface area contributed by atoms with Crippen molar-refractivity contribution in [1.29, 1.82) is 0 Å². The van der Waals surface area contributed by atoms with Gasteiger partial charge in [-0.1, -0.05) is 12.1 Å². The zero-order chi connectivity index (χ0) is 17.4. The van der Waals surface area contributed by atoms with Crippen LogP contribution in [0.4, 0.5) is 0 Å². The molecule has 0 radical (unpaired) electrons. The molecule has 1 aromatic heterocycles. The van der Waals surface area contributed by atoms with E-state index in [-0.39, 0.29) is 23.4 Å². The summed E-state index contributed by atoms with van der Waals surface area (Å²) in [5.41, 5.74) is 1.86. The van der Waals surface area contributed by atoms with Gasteiger partial charge in [-0.15, -0.1) is 11.8 Å². The maximum atomic E-state index is 12.5. The van der Waals surface area contributed by atoms with Crippen molar-refractivity contribution in [3.05, 3.63) is 48.3 Å². The molecule has 2 aromatic rings. The number of carbonyl (C=O) groups excluding carboxylic acids is 2. The van der Waals surface area contributed by atoms with Gasteiger partial charge in [0, 0.05) is 24.6 Å². The Balaban J connectivity index is 1.38. The van der Waals surface area contributed by atoms with Gasteiger partial charge in [-0.25, -0.2) is 9.48 Å². The van der Waals surface area contributed by atoms with E-state index in [4.69, 9.17) is 4.74 Å². The molecular formula is C18H19N3O3S. The summed E-state index contributed by atoms with van der Waals surface area (Å²) in [5, 5.41) is 4.18. The van der Waals surface area contributed by atoms with E-state index in [9.17, 15) is 9.59 Å². The summed E-state index contributed by atoms with van der Waals surface area (Å²) in [5.74, 6) is 0.347. The average molecular weight is 357 g/mol. The van der Waals surface area contributed by atoms with Gasteiger partial charge in [-0.2, -0.15) is 5.10 Å². The molecule has 25 heavy (non-hydrogen) atoms. The number of ether oxygens (including phenoxy) is 1. The van der Waals surface area contributed by atoms with Crippen molar-refractivity contribution >= 4 is 23.6 Å². The van der Waals surface area contributed by atoms with Gasteiger partial charge >= 0.3 is 5.97 Å². The Morgan fingerprint density at radius 2 is 2.20 bits per heavy atom. The molecule has 7 heteroatoms. The van der Waals surface area contributed by atoms with Gasteiger partial charge in [0.25, 0.3) is 0 Å². The van der Waals surface area contributed by atoms with Crippen LogP contribution >= 0.6 is 11.8 Å². The van der Waals surface area contributed by atoms with E-state index in [0.717, 1.165) is 17.7 Å². The van der Waals surface area contributed by atoms with Crippen LogP contribution in [0.25, 0.3) is 5.69 Å². The van der Waals surface area contributed by atoms with Crippen LogP contribution in [0.5, 0.6) is 0 Å². The van der Waals surface area contributed by atoms with Crippen LogP contribution in [0.1, 0.15) is 25.3 Å². The zero-order valence-electron chi connectivity index (χ0n) is 13.9. The Morgan fingerprint density at radius 1 is 1.40 bits per heavy atom. The van der Waals surface area contributed by atoms with Crippen molar-refractivity contribution in [2.45, 2.75) is 37.3 Å². The van der Waals surface area contributed by atoms with Gasteiger partial charge in [-0.3, -0.25) is 4.79 Å². The van der Waals surface area contributed by atoms with Gasteiger partial charge in [-0.05, 0) is 37.1 Å². The van der Waals surface area contributed by atoms with Gasteiger partial charge in [0.15, 0.2) is 0 Å². The molecule has 1 aromatic carbocycles. The predicted molar refractivity (Wildman–Crippen MR) is 94.1 cm³/mol. The summed E-state index contributed by atoms with van der Waals surface area (Å²) in [4.78, 5) is 26.0. The highest BCUT2D eigenvalue weighted by atomic mass is 32.2. The van der Waals surface area contributed by atoms with Gasteiger partial charge < -0.3 is 9.64 Å². The third-order valence-corrected chi connectivity index (χ3v) is 6.31. The molecule has 2 fully saturated rings. The number of amides is 1. The maximum Gasteiger partial charge on any atom is 0.330 e. The van der Waals surface area contributed by atoms with Crippen molar-refractivity contribution in [3.8, 4) is 5.69 Å². The van der Waals surface area contributed by atoms with E-state index in [1.807, 2.05) is 43.5 Å². The number of esters is 1. The number of nitrogens with zero attached hydrogens (tertiary/aromatic N) is 3. The fourth-order valence-electron chi connectivity index (χ4n) is 3.41. The lowest BCUT2D eigenvalue weighted by Crippen LogP contribution is -2.46. The topological polar surface area (TPSA) is 64.4 Å².